The summed E-state index contributed by atoms with van der Waals surface area (Å²) >= 11 is 0. The summed E-state index contributed by atoms with van der Waals surface area (Å²) in [6.07, 6.45) is 3.46. The second-order valence-corrected chi connectivity index (χ2v) is 5.85. The predicted octanol–water partition coefficient (Wildman–Crippen LogP) is 2.32. The lowest BCUT2D eigenvalue weighted by Gasteiger charge is -2.33. The molecular weight excluding hydrogens is 236 g/mol. The number of methoxy groups -OCH3 is 1. The van der Waals surface area contributed by atoms with E-state index in [1.54, 1.807) is 7.11 Å². The van der Waals surface area contributed by atoms with Crippen molar-refractivity contribution in [3.63, 3.8) is 0 Å². The van der Waals surface area contributed by atoms with E-state index in [1.165, 1.54) is 17.5 Å². The Morgan fingerprint density at radius 1 is 1.32 bits per heavy atom. The second kappa shape index (κ2) is 5.93. The summed E-state index contributed by atoms with van der Waals surface area (Å²) in [5.74, 6) is 0.987. The molecule has 0 saturated carbocycles. The van der Waals surface area contributed by atoms with Crippen molar-refractivity contribution in [3.05, 3.63) is 29.3 Å². The zero-order chi connectivity index (χ0) is 13.9. The summed E-state index contributed by atoms with van der Waals surface area (Å²) in [4.78, 5) is 2.40. The van der Waals surface area contributed by atoms with Gasteiger partial charge in [0.15, 0.2) is 0 Å². The molecule has 0 radical (unpaired) electrons. The van der Waals surface area contributed by atoms with Crippen LogP contribution in [-0.4, -0.2) is 38.7 Å². The SMILES string of the molecule is COc1ccc(C)cc1C1(CN)CCCN(C)CC1. The molecule has 0 bridgehead atoms. The molecule has 0 amide bonds. The monoisotopic (exact) mass is 262 g/mol. The topological polar surface area (TPSA) is 38.5 Å². The van der Waals surface area contributed by atoms with Gasteiger partial charge in [0.25, 0.3) is 0 Å². The summed E-state index contributed by atoms with van der Waals surface area (Å²) in [6.45, 7) is 5.10. The van der Waals surface area contributed by atoms with Gasteiger partial charge >= 0.3 is 0 Å². The van der Waals surface area contributed by atoms with Crippen LogP contribution in [0.3, 0.4) is 0 Å². The van der Waals surface area contributed by atoms with Crippen LogP contribution >= 0.6 is 0 Å². The summed E-state index contributed by atoms with van der Waals surface area (Å²) in [5.41, 5.74) is 8.83. The number of likely N-dealkylation sites (tertiary alicyclic amines) is 1. The second-order valence-electron chi connectivity index (χ2n) is 5.85. The molecular formula is C16H26N2O. The largest absolute Gasteiger partial charge is 0.496 e. The van der Waals surface area contributed by atoms with E-state index in [0.717, 1.165) is 31.7 Å². The highest BCUT2D eigenvalue weighted by atomic mass is 16.5. The minimum atomic E-state index is 0.0716. The van der Waals surface area contributed by atoms with Crippen LogP contribution in [0.4, 0.5) is 0 Å². The molecule has 0 spiro atoms. The molecule has 1 saturated heterocycles. The zero-order valence-corrected chi connectivity index (χ0v) is 12.4. The lowest BCUT2D eigenvalue weighted by Crippen LogP contribution is -2.36. The molecule has 19 heavy (non-hydrogen) atoms. The van der Waals surface area contributed by atoms with Gasteiger partial charge in [-0.15, -0.1) is 0 Å². The average molecular weight is 262 g/mol. The highest BCUT2D eigenvalue weighted by Gasteiger charge is 2.34. The normalized spacial score (nSPS) is 25.1. The maximum absolute atomic E-state index is 6.18. The van der Waals surface area contributed by atoms with Crippen LogP contribution in [0.5, 0.6) is 5.75 Å². The predicted molar refractivity (Wildman–Crippen MR) is 79.8 cm³/mol. The van der Waals surface area contributed by atoms with E-state index >= 15 is 0 Å². The molecule has 1 unspecified atom stereocenters. The maximum Gasteiger partial charge on any atom is 0.122 e. The molecule has 1 fully saturated rings. The first kappa shape index (κ1) is 14.4. The first-order valence-electron chi connectivity index (χ1n) is 7.15. The number of hydrogen-bond acceptors (Lipinski definition) is 3. The van der Waals surface area contributed by atoms with Crippen molar-refractivity contribution in [2.45, 2.75) is 31.6 Å². The van der Waals surface area contributed by atoms with Crippen molar-refractivity contribution in [3.8, 4) is 5.75 Å². The summed E-state index contributed by atoms with van der Waals surface area (Å²) in [5, 5.41) is 0. The van der Waals surface area contributed by atoms with E-state index in [2.05, 4.69) is 37.1 Å². The Bertz CT molecular complexity index is 433. The van der Waals surface area contributed by atoms with Crippen LogP contribution in [0.2, 0.25) is 0 Å². The minimum Gasteiger partial charge on any atom is -0.496 e. The van der Waals surface area contributed by atoms with Crippen LogP contribution in [-0.2, 0) is 5.41 Å². The smallest absolute Gasteiger partial charge is 0.122 e. The molecule has 0 aromatic heterocycles. The van der Waals surface area contributed by atoms with Crippen molar-refractivity contribution < 1.29 is 4.74 Å². The lowest BCUT2D eigenvalue weighted by atomic mass is 9.73. The third kappa shape index (κ3) is 2.93. The standard InChI is InChI=1S/C16H26N2O/c1-13-5-6-15(19-3)14(11-13)16(12-17)7-4-9-18(2)10-8-16/h5-6,11H,4,7-10,12,17H2,1-3H3. The highest BCUT2D eigenvalue weighted by molar-refractivity contribution is 5.43. The molecule has 1 atom stereocenters. The summed E-state index contributed by atoms with van der Waals surface area (Å²) in [7, 11) is 3.95. The van der Waals surface area contributed by atoms with Crippen LogP contribution in [0.25, 0.3) is 0 Å². The van der Waals surface area contributed by atoms with Gasteiger partial charge in [0, 0.05) is 17.5 Å². The van der Waals surface area contributed by atoms with Gasteiger partial charge in [0.1, 0.15) is 5.75 Å². The van der Waals surface area contributed by atoms with Gasteiger partial charge in [-0.1, -0.05) is 17.7 Å². The fourth-order valence-corrected chi connectivity index (χ4v) is 3.15. The zero-order valence-electron chi connectivity index (χ0n) is 12.4. The van der Waals surface area contributed by atoms with Crippen LogP contribution in [0, 0.1) is 6.92 Å². The van der Waals surface area contributed by atoms with Crippen molar-refractivity contribution in [1.29, 1.82) is 0 Å². The third-order valence-corrected chi connectivity index (χ3v) is 4.48. The molecule has 3 nitrogen and oxygen atoms in total. The molecule has 2 N–H and O–H groups in total. The molecule has 1 aliphatic heterocycles. The average Bonchev–Trinajstić information content (AvgIpc) is 2.61. The Hall–Kier alpha value is -1.06. The Kier molecular flexibility index (Phi) is 4.48. The van der Waals surface area contributed by atoms with Crippen molar-refractivity contribution in [2.75, 3.05) is 33.8 Å². The highest BCUT2D eigenvalue weighted by Crippen LogP contribution is 2.39. The maximum atomic E-state index is 6.18. The van der Waals surface area contributed by atoms with E-state index in [4.69, 9.17) is 10.5 Å². The number of nitrogens with two attached hydrogens (primary N) is 1. The van der Waals surface area contributed by atoms with Crippen molar-refractivity contribution in [2.24, 2.45) is 5.73 Å². The van der Waals surface area contributed by atoms with Crippen molar-refractivity contribution >= 4 is 0 Å². The molecule has 1 aliphatic rings. The molecule has 1 aromatic rings. The van der Waals surface area contributed by atoms with Gasteiger partial charge in [-0.05, 0) is 52.4 Å². The van der Waals surface area contributed by atoms with E-state index in [1.807, 2.05) is 0 Å². The third-order valence-electron chi connectivity index (χ3n) is 4.48. The number of aryl methyl sites for hydroxylation is 1. The minimum absolute atomic E-state index is 0.0716. The van der Waals surface area contributed by atoms with E-state index in [-0.39, 0.29) is 5.41 Å². The Balaban J connectivity index is 2.42. The molecule has 2 rings (SSSR count). The van der Waals surface area contributed by atoms with E-state index in [9.17, 15) is 0 Å². The Morgan fingerprint density at radius 3 is 2.79 bits per heavy atom. The first-order chi connectivity index (χ1) is 9.11. The van der Waals surface area contributed by atoms with Gasteiger partial charge in [-0.25, -0.2) is 0 Å². The number of rotatable bonds is 3. The number of hydrogen-bond donors (Lipinski definition) is 1. The van der Waals surface area contributed by atoms with Crippen LogP contribution in [0.15, 0.2) is 18.2 Å². The lowest BCUT2D eigenvalue weighted by molar-refractivity contribution is 0.320. The molecule has 0 aliphatic carbocycles. The molecule has 106 valence electrons. The fourth-order valence-electron chi connectivity index (χ4n) is 3.15. The van der Waals surface area contributed by atoms with Crippen LogP contribution < -0.4 is 10.5 Å². The molecule has 1 heterocycles. The Morgan fingerprint density at radius 2 is 2.11 bits per heavy atom. The molecule has 1 aromatic carbocycles. The molecule has 3 heteroatoms. The first-order valence-corrected chi connectivity index (χ1v) is 7.15. The van der Waals surface area contributed by atoms with Gasteiger partial charge in [-0.3, -0.25) is 0 Å². The number of nitrogens with zero attached hydrogens (tertiary/aromatic N) is 1. The van der Waals surface area contributed by atoms with Gasteiger partial charge in [0.2, 0.25) is 0 Å². The number of benzene rings is 1. The van der Waals surface area contributed by atoms with Crippen LogP contribution in [0.1, 0.15) is 30.4 Å². The fraction of sp³-hybridized carbons (Fsp3) is 0.625. The summed E-state index contributed by atoms with van der Waals surface area (Å²) < 4.78 is 5.58. The van der Waals surface area contributed by atoms with Crippen molar-refractivity contribution in [1.82, 2.24) is 4.90 Å². The van der Waals surface area contributed by atoms with E-state index < -0.39 is 0 Å². The summed E-state index contributed by atoms with van der Waals surface area (Å²) in [6, 6.07) is 6.45. The van der Waals surface area contributed by atoms with Gasteiger partial charge in [-0.2, -0.15) is 0 Å². The Labute approximate surface area is 116 Å². The quantitative estimate of drug-likeness (QED) is 0.908. The van der Waals surface area contributed by atoms with Gasteiger partial charge in [0.05, 0.1) is 7.11 Å². The van der Waals surface area contributed by atoms with Gasteiger partial charge < -0.3 is 15.4 Å². The number of ether oxygens (including phenoxy) is 1. The van der Waals surface area contributed by atoms with E-state index in [0.29, 0.717) is 6.54 Å².